The van der Waals surface area contributed by atoms with Gasteiger partial charge in [-0.1, -0.05) is 23.4 Å². The summed E-state index contributed by atoms with van der Waals surface area (Å²) >= 11 is 0. The Kier molecular flexibility index (Phi) is 5.74. The Hall–Kier alpha value is -1.77. The van der Waals surface area contributed by atoms with Crippen molar-refractivity contribution < 1.29 is 18.0 Å². The lowest BCUT2D eigenvalue weighted by molar-refractivity contribution is -0.0504. The Morgan fingerprint density at radius 3 is 2.88 bits per heavy atom. The third-order valence-electron chi connectivity index (χ3n) is 4.91. The third-order valence-corrected chi connectivity index (χ3v) is 4.91. The van der Waals surface area contributed by atoms with Crippen molar-refractivity contribution in [1.82, 2.24) is 20.4 Å². The van der Waals surface area contributed by atoms with Crippen LogP contribution in [0.2, 0.25) is 0 Å². The summed E-state index contributed by atoms with van der Waals surface area (Å²) in [5.41, 5.74) is 0.768. The van der Waals surface area contributed by atoms with Crippen LogP contribution in [0.1, 0.15) is 41.6 Å². The fourth-order valence-corrected chi connectivity index (χ4v) is 3.43. The molecule has 1 N–H and O–H groups in total. The van der Waals surface area contributed by atoms with Crippen LogP contribution in [-0.4, -0.2) is 48.3 Å². The van der Waals surface area contributed by atoms with Crippen LogP contribution in [0.25, 0.3) is 0 Å². The number of para-hydroxylation sites is 1. The average Bonchev–Trinajstić information content (AvgIpc) is 3.24. The Morgan fingerprint density at radius 1 is 1.31 bits per heavy atom. The van der Waals surface area contributed by atoms with Gasteiger partial charge in [-0.2, -0.15) is 13.8 Å². The molecule has 0 bridgehead atoms. The Morgan fingerprint density at radius 2 is 2.12 bits per heavy atom. The molecule has 0 amide bonds. The Balaban J connectivity index is 0.00000196. The van der Waals surface area contributed by atoms with Gasteiger partial charge >= 0.3 is 6.61 Å². The number of nitrogens with zero attached hydrogens (tertiary/aromatic N) is 3. The molecule has 1 aliphatic heterocycles. The summed E-state index contributed by atoms with van der Waals surface area (Å²) in [5, 5.41) is 7.46. The summed E-state index contributed by atoms with van der Waals surface area (Å²) in [6, 6.07) is 7.00. The topological polar surface area (TPSA) is 63.4 Å². The van der Waals surface area contributed by atoms with Crippen molar-refractivity contribution in [1.29, 1.82) is 0 Å². The molecule has 1 aliphatic carbocycles. The summed E-state index contributed by atoms with van der Waals surface area (Å²) < 4.78 is 35.2. The van der Waals surface area contributed by atoms with E-state index in [1.54, 1.807) is 12.1 Å². The van der Waals surface area contributed by atoms with Crippen molar-refractivity contribution in [2.75, 3.05) is 26.7 Å². The minimum absolute atomic E-state index is 0. The lowest BCUT2D eigenvalue weighted by atomic mass is 10.1. The van der Waals surface area contributed by atoms with E-state index in [9.17, 15) is 8.78 Å². The molecule has 1 saturated heterocycles. The number of piperazine rings is 1. The average molecular weight is 387 g/mol. The van der Waals surface area contributed by atoms with Crippen LogP contribution in [-0.2, 0) is 0 Å². The summed E-state index contributed by atoms with van der Waals surface area (Å²) in [4.78, 5) is 6.76. The smallest absolute Gasteiger partial charge is 0.387 e. The maximum atomic E-state index is 12.6. The van der Waals surface area contributed by atoms with Gasteiger partial charge < -0.3 is 14.6 Å². The Labute approximate surface area is 156 Å². The molecule has 2 fully saturated rings. The summed E-state index contributed by atoms with van der Waals surface area (Å²) in [5.74, 6) is 1.61. The zero-order valence-corrected chi connectivity index (χ0v) is 15.1. The van der Waals surface area contributed by atoms with E-state index in [4.69, 9.17) is 4.52 Å². The van der Waals surface area contributed by atoms with E-state index in [0.717, 1.165) is 31.6 Å². The first kappa shape index (κ1) is 19.0. The van der Waals surface area contributed by atoms with Crippen LogP contribution in [0.5, 0.6) is 5.75 Å². The second-order valence-electron chi connectivity index (χ2n) is 6.56. The van der Waals surface area contributed by atoms with Crippen molar-refractivity contribution in [2.45, 2.75) is 30.9 Å². The second kappa shape index (κ2) is 7.85. The number of aromatic nitrogens is 2. The first-order chi connectivity index (χ1) is 12.1. The quantitative estimate of drug-likeness (QED) is 0.852. The Bertz CT molecular complexity index is 745. The first-order valence-corrected chi connectivity index (χ1v) is 8.41. The third kappa shape index (κ3) is 3.82. The van der Waals surface area contributed by atoms with E-state index in [-0.39, 0.29) is 36.0 Å². The molecule has 0 radical (unpaired) electrons. The molecule has 4 rings (SSSR count). The predicted octanol–water partition coefficient (Wildman–Crippen LogP) is 2.94. The normalized spacial score (nSPS) is 25.8. The van der Waals surface area contributed by atoms with Gasteiger partial charge in [0.15, 0.2) is 5.82 Å². The molecule has 1 saturated carbocycles. The molecular weight excluding hydrogens is 366 g/mol. The molecule has 9 heteroatoms. The van der Waals surface area contributed by atoms with E-state index >= 15 is 0 Å². The van der Waals surface area contributed by atoms with Crippen molar-refractivity contribution in [3.8, 4) is 5.75 Å². The van der Waals surface area contributed by atoms with Gasteiger partial charge in [0.1, 0.15) is 5.75 Å². The molecule has 2 heterocycles. The highest BCUT2D eigenvalue weighted by Crippen LogP contribution is 2.56. The van der Waals surface area contributed by atoms with Crippen molar-refractivity contribution in [3.05, 3.63) is 41.5 Å². The number of ether oxygens (including phenoxy) is 1. The van der Waals surface area contributed by atoms with E-state index < -0.39 is 6.61 Å². The number of hydrogen-bond acceptors (Lipinski definition) is 6. The van der Waals surface area contributed by atoms with Crippen LogP contribution in [0.4, 0.5) is 8.78 Å². The standard InChI is InChI=1S/C17H20F2N4O2.ClH/c1-23-7-6-20-9-13(23)15-21-16(25-22-15)12-8-11(12)10-4-2-3-5-14(10)24-17(18)19;/h2-5,11-13,17,20H,6-9H2,1H3;1H. The number of likely N-dealkylation sites (N-methyl/N-ethyl adjacent to an activating group) is 1. The molecule has 2 aromatic rings. The number of nitrogens with one attached hydrogen (secondary N) is 1. The highest BCUT2D eigenvalue weighted by Gasteiger charge is 2.45. The maximum absolute atomic E-state index is 12.6. The predicted molar refractivity (Wildman–Crippen MR) is 93.0 cm³/mol. The molecule has 142 valence electrons. The van der Waals surface area contributed by atoms with Crippen LogP contribution in [0.15, 0.2) is 28.8 Å². The number of benzene rings is 1. The minimum Gasteiger partial charge on any atom is -0.435 e. The van der Waals surface area contributed by atoms with E-state index in [1.807, 2.05) is 19.2 Å². The zero-order valence-electron chi connectivity index (χ0n) is 14.3. The summed E-state index contributed by atoms with van der Waals surface area (Å²) in [7, 11) is 2.04. The van der Waals surface area contributed by atoms with E-state index in [2.05, 4.69) is 25.1 Å². The van der Waals surface area contributed by atoms with Crippen LogP contribution in [0.3, 0.4) is 0 Å². The molecule has 0 spiro atoms. The molecule has 6 nitrogen and oxygen atoms in total. The van der Waals surface area contributed by atoms with Gasteiger partial charge in [0.25, 0.3) is 0 Å². The zero-order chi connectivity index (χ0) is 17.4. The fraction of sp³-hybridized carbons (Fsp3) is 0.529. The van der Waals surface area contributed by atoms with Gasteiger partial charge in [-0.25, -0.2) is 0 Å². The van der Waals surface area contributed by atoms with Gasteiger partial charge in [-0.05, 0) is 31.0 Å². The van der Waals surface area contributed by atoms with Crippen molar-refractivity contribution >= 4 is 12.4 Å². The van der Waals surface area contributed by atoms with Gasteiger partial charge in [0.2, 0.25) is 5.89 Å². The highest BCUT2D eigenvalue weighted by molar-refractivity contribution is 5.85. The molecule has 3 unspecified atom stereocenters. The molecular formula is C17H21ClF2N4O2. The van der Waals surface area contributed by atoms with Gasteiger partial charge in [0.05, 0.1) is 6.04 Å². The van der Waals surface area contributed by atoms with Crippen molar-refractivity contribution in [2.24, 2.45) is 0 Å². The summed E-state index contributed by atoms with van der Waals surface area (Å²) in [6.07, 6.45) is 0.796. The number of hydrogen-bond donors (Lipinski definition) is 1. The maximum Gasteiger partial charge on any atom is 0.387 e. The highest BCUT2D eigenvalue weighted by atomic mass is 35.5. The fourth-order valence-electron chi connectivity index (χ4n) is 3.43. The lowest BCUT2D eigenvalue weighted by Crippen LogP contribution is -2.44. The lowest BCUT2D eigenvalue weighted by Gasteiger charge is -2.30. The van der Waals surface area contributed by atoms with Gasteiger partial charge in [-0.3, -0.25) is 4.90 Å². The minimum atomic E-state index is -2.83. The summed E-state index contributed by atoms with van der Waals surface area (Å²) in [6.45, 7) is -0.167. The number of rotatable bonds is 5. The number of alkyl halides is 2. The molecule has 1 aromatic carbocycles. The monoisotopic (exact) mass is 386 g/mol. The molecule has 26 heavy (non-hydrogen) atoms. The van der Waals surface area contributed by atoms with Crippen LogP contribution in [0, 0.1) is 0 Å². The number of halogens is 3. The SMILES string of the molecule is CN1CCNCC1c1noc(C2CC2c2ccccc2OC(F)F)n1.Cl. The molecule has 2 aliphatic rings. The van der Waals surface area contributed by atoms with E-state index in [0.29, 0.717) is 11.7 Å². The van der Waals surface area contributed by atoms with E-state index in [1.165, 1.54) is 0 Å². The van der Waals surface area contributed by atoms with Gasteiger partial charge in [-0.15, -0.1) is 12.4 Å². The molecule has 1 aromatic heterocycles. The van der Waals surface area contributed by atoms with Gasteiger partial charge in [0, 0.05) is 25.6 Å². The van der Waals surface area contributed by atoms with Crippen LogP contribution >= 0.6 is 12.4 Å². The van der Waals surface area contributed by atoms with Crippen LogP contribution < -0.4 is 10.1 Å². The first-order valence-electron chi connectivity index (χ1n) is 8.41. The largest absolute Gasteiger partial charge is 0.435 e. The van der Waals surface area contributed by atoms with Crippen molar-refractivity contribution in [3.63, 3.8) is 0 Å². The molecule has 3 atom stereocenters. The second-order valence-corrected chi connectivity index (χ2v) is 6.56.